The summed E-state index contributed by atoms with van der Waals surface area (Å²) in [5.41, 5.74) is 2.03. The fourth-order valence-corrected chi connectivity index (χ4v) is 1.71. The monoisotopic (exact) mass is 209 g/mol. The summed E-state index contributed by atoms with van der Waals surface area (Å²) >= 11 is 5.90. The van der Waals surface area contributed by atoms with Crippen molar-refractivity contribution in [2.24, 2.45) is 0 Å². The van der Waals surface area contributed by atoms with Crippen LogP contribution in [0, 0.1) is 6.92 Å². The Bertz CT molecular complexity index is 516. The average Bonchev–Trinajstić information content (AvgIpc) is 2.48. The van der Waals surface area contributed by atoms with Crippen molar-refractivity contribution in [2.75, 3.05) is 0 Å². The molecule has 3 nitrogen and oxygen atoms in total. The molecule has 0 unspecified atom stereocenters. The number of carboxylic acid groups (broad SMARTS) is 1. The number of halogens is 1. The van der Waals surface area contributed by atoms with E-state index >= 15 is 0 Å². The van der Waals surface area contributed by atoms with Gasteiger partial charge in [-0.15, -0.1) is 0 Å². The molecule has 1 aromatic heterocycles. The Kier molecular flexibility index (Phi) is 1.97. The fraction of sp³-hybridized carbons (Fsp3) is 0.100. The maximum atomic E-state index is 10.8. The molecule has 0 spiro atoms. The minimum Gasteiger partial charge on any atom is -0.478 e. The zero-order valence-corrected chi connectivity index (χ0v) is 8.22. The maximum Gasteiger partial charge on any atom is 0.335 e. The van der Waals surface area contributed by atoms with Gasteiger partial charge in [0.2, 0.25) is 0 Å². The van der Waals surface area contributed by atoms with Gasteiger partial charge in [-0.05, 0) is 24.6 Å². The Morgan fingerprint density at radius 1 is 1.50 bits per heavy atom. The summed E-state index contributed by atoms with van der Waals surface area (Å²) < 4.78 is 0. The second kappa shape index (κ2) is 3.03. The summed E-state index contributed by atoms with van der Waals surface area (Å²) in [5.74, 6) is -0.938. The summed E-state index contributed by atoms with van der Waals surface area (Å²) in [7, 11) is 0. The maximum absolute atomic E-state index is 10.8. The molecule has 0 bridgehead atoms. The predicted octanol–water partition coefficient (Wildman–Crippen LogP) is 2.83. The first-order chi connectivity index (χ1) is 6.59. The lowest BCUT2D eigenvalue weighted by Crippen LogP contribution is -1.96. The summed E-state index contributed by atoms with van der Waals surface area (Å²) in [5, 5.41) is 10.1. The number of nitrogens with one attached hydrogen (secondary N) is 1. The molecule has 0 aliphatic heterocycles. The molecule has 0 aliphatic carbocycles. The molecule has 0 atom stereocenters. The number of hydrogen-bond acceptors (Lipinski definition) is 1. The van der Waals surface area contributed by atoms with Crippen molar-refractivity contribution < 1.29 is 9.90 Å². The number of aromatic carboxylic acids is 1. The number of aryl methyl sites for hydroxylation is 1. The summed E-state index contributed by atoms with van der Waals surface area (Å²) in [6.07, 6.45) is 1.66. The molecular formula is C10H8ClNO2. The van der Waals surface area contributed by atoms with Crippen LogP contribution in [-0.2, 0) is 0 Å². The zero-order chi connectivity index (χ0) is 10.3. The molecule has 2 aromatic rings. The quantitative estimate of drug-likeness (QED) is 0.759. The lowest BCUT2D eigenvalue weighted by atomic mass is 10.1. The Balaban J connectivity index is 2.82. The van der Waals surface area contributed by atoms with Gasteiger partial charge in [0.1, 0.15) is 0 Å². The highest BCUT2D eigenvalue weighted by molar-refractivity contribution is 6.35. The van der Waals surface area contributed by atoms with E-state index in [1.54, 1.807) is 18.3 Å². The van der Waals surface area contributed by atoms with Gasteiger partial charge in [-0.25, -0.2) is 4.79 Å². The number of rotatable bonds is 1. The van der Waals surface area contributed by atoms with Gasteiger partial charge in [-0.1, -0.05) is 11.6 Å². The average molecular weight is 210 g/mol. The van der Waals surface area contributed by atoms with Gasteiger partial charge in [-0.3, -0.25) is 0 Å². The van der Waals surface area contributed by atoms with E-state index in [1.165, 1.54) is 0 Å². The predicted molar refractivity (Wildman–Crippen MR) is 55.0 cm³/mol. The number of aromatic amines is 1. The molecule has 2 rings (SSSR count). The topological polar surface area (TPSA) is 53.1 Å². The van der Waals surface area contributed by atoms with Crippen LogP contribution in [0.1, 0.15) is 15.9 Å². The van der Waals surface area contributed by atoms with Crippen molar-refractivity contribution in [3.8, 4) is 0 Å². The number of hydrogen-bond donors (Lipinski definition) is 2. The van der Waals surface area contributed by atoms with E-state index in [9.17, 15) is 4.79 Å². The van der Waals surface area contributed by atoms with Gasteiger partial charge in [0.05, 0.1) is 10.6 Å². The van der Waals surface area contributed by atoms with E-state index in [1.807, 2.05) is 6.92 Å². The number of carbonyl (C=O) groups is 1. The molecule has 1 aromatic carbocycles. The number of benzene rings is 1. The third-order valence-electron chi connectivity index (χ3n) is 2.18. The van der Waals surface area contributed by atoms with E-state index in [-0.39, 0.29) is 5.56 Å². The van der Waals surface area contributed by atoms with Gasteiger partial charge in [-0.2, -0.15) is 0 Å². The third kappa shape index (κ3) is 1.26. The van der Waals surface area contributed by atoms with Gasteiger partial charge in [0, 0.05) is 17.1 Å². The van der Waals surface area contributed by atoms with Crippen molar-refractivity contribution in [1.29, 1.82) is 0 Å². The minimum atomic E-state index is -0.938. The number of fused-ring (bicyclic) bond motifs is 1. The molecule has 0 fully saturated rings. The second-order valence-electron chi connectivity index (χ2n) is 3.16. The molecule has 14 heavy (non-hydrogen) atoms. The van der Waals surface area contributed by atoms with Crippen LogP contribution >= 0.6 is 11.6 Å². The highest BCUT2D eigenvalue weighted by atomic mass is 35.5. The first kappa shape index (κ1) is 9.09. The van der Waals surface area contributed by atoms with Crippen LogP contribution in [0.2, 0.25) is 5.02 Å². The van der Waals surface area contributed by atoms with Crippen LogP contribution in [-0.4, -0.2) is 16.1 Å². The van der Waals surface area contributed by atoms with Gasteiger partial charge in [0.15, 0.2) is 0 Å². The number of aromatic nitrogens is 1. The zero-order valence-electron chi connectivity index (χ0n) is 7.47. The van der Waals surface area contributed by atoms with E-state index in [0.717, 1.165) is 16.5 Å². The standard InChI is InChI=1S/C10H8ClNO2/c1-5-2-6(10(13)14)3-7-8(11)4-12-9(5)7/h2-4,12H,1H3,(H,13,14). The highest BCUT2D eigenvalue weighted by Gasteiger charge is 2.09. The highest BCUT2D eigenvalue weighted by Crippen LogP contribution is 2.26. The van der Waals surface area contributed by atoms with E-state index in [2.05, 4.69) is 4.98 Å². The summed E-state index contributed by atoms with van der Waals surface area (Å²) in [6.45, 7) is 1.85. The lowest BCUT2D eigenvalue weighted by Gasteiger charge is -1.99. The first-order valence-electron chi connectivity index (χ1n) is 4.10. The molecule has 0 amide bonds. The molecule has 1 heterocycles. The Hall–Kier alpha value is -1.48. The van der Waals surface area contributed by atoms with Crippen LogP contribution in [0.25, 0.3) is 10.9 Å². The third-order valence-corrected chi connectivity index (χ3v) is 2.50. The van der Waals surface area contributed by atoms with Crippen LogP contribution in [0.4, 0.5) is 0 Å². The van der Waals surface area contributed by atoms with Crippen LogP contribution in [0.15, 0.2) is 18.3 Å². The molecule has 0 aliphatic rings. The van der Waals surface area contributed by atoms with Gasteiger partial charge < -0.3 is 10.1 Å². The molecule has 72 valence electrons. The molecular weight excluding hydrogens is 202 g/mol. The van der Waals surface area contributed by atoms with E-state index in [4.69, 9.17) is 16.7 Å². The molecule has 4 heteroatoms. The van der Waals surface area contributed by atoms with Gasteiger partial charge >= 0.3 is 5.97 Å². The molecule has 0 saturated carbocycles. The van der Waals surface area contributed by atoms with Crippen molar-refractivity contribution >= 4 is 28.5 Å². The van der Waals surface area contributed by atoms with Crippen molar-refractivity contribution in [2.45, 2.75) is 6.92 Å². The van der Waals surface area contributed by atoms with E-state index < -0.39 is 5.97 Å². The van der Waals surface area contributed by atoms with Crippen molar-refractivity contribution in [3.05, 3.63) is 34.5 Å². The normalized spacial score (nSPS) is 10.7. The minimum absolute atomic E-state index is 0.261. The van der Waals surface area contributed by atoms with Crippen molar-refractivity contribution in [1.82, 2.24) is 4.98 Å². The number of H-pyrrole nitrogens is 1. The SMILES string of the molecule is Cc1cc(C(=O)O)cc2c(Cl)c[nH]c12. The largest absolute Gasteiger partial charge is 0.478 e. The lowest BCUT2D eigenvalue weighted by molar-refractivity contribution is 0.0697. The molecule has 0 radical (unpaired) electrons. The smallest absolute Gasteiger partial charge is 0.335 e. The molecule has 0 saturated heterocycles. The van der Waals surface area contributed by atoms with Crippen LogP contribution < -0.4 is 0 Å². The molecule has 2 N–H and O–H groups in total. The van der Waals surface area contributed by atoms with Crippen LogP contribution in [0.5, 0.6) is 0 Å². The Morgan fingerprint density at radius 3 is 2.86 bits per heavy atom. The fourth-order valence-electron chi connectivity index (χ4n) is 1.50. The second-order valence-corrected chi connectivity index (χ2v) is 3.56. The first-order valence-corrected chi connectivity index (χ1v) is 4.48. The number of carboxylic acids is 1. The summed E-state index contributed by atoms with van der Waals surface area (Å²) in [6, 6.07) is 3.20. The van der Waals surface area contributed by atoms with Crippen LogP contribution in [0.3, 0.4) is 0 Å². The Morgan fingerprint density at radius 2 is 2.21 bits per heavy atom. The van der Waals surface area contributed by atoms with E-state index in [0.29, 0.717) is 5.02 Å². The van der Waals surface area contributed by atoms with Crippen molar-refractivity contribution in [3.63, 3.8) is 0 Å². The van der Waals surface area contributed by atoms with Gasteiger partial charge in [0.25, 0.3) is 0 Å². The Labute approximate surface area is 85.3 Å². The summed E-state index contributed by atoms with van der Waals surface area (Å²) in [4.78, 5) is 13.8.